The molecule has 1 unspecified atom stereocenters. The Morgan fingerprint density at radius 3 is 2.94 bits per heavy atom. The van der Waals surface area contributed by atoms with Gasteiger partial charge in [0.1, 0.15) is 4.60 Å². The van der Waals surface area contributed by atoms with Crippen LogP contribution in [0, 0.1) is 0 Å². The number of amides is 1. The van der Waals surface area contributed by atoms with Crippen molar-refractivity contribution in [3.63, 3.8) is 0 Å². The molecule has 4 nitrogen and oxygen atoms in total. The summed E-state index contributed by atoms with van der Waals surface area (Å²) in [7, 11) is 0. The number of hydrogen-bond acceptors (Lipinski definition) is 3. The second kappa shape index (κ2) is 6.60. The summed E-state index contributed by atoms with van der Waals surface area (Å²) >= 11 is 3.21. The zero-order chi connectivity index (χ0) is 12.0. The van der Waals surface area contributed by atoms with Crippen molar-refractivity contribution in [2.24, 2.45) is 0 Å². The van der Waals surface area contributed by atoms with Crippen molar-refractivity contribution in [2.45, 2.75) is 20.0 Å². The maximum Gasteiger partial charge on any atom is 0.252 e. The van der Waals surface area contributed by atoms with Crippen molar-refractivity contribution in [1.29, 1.82) is 0 Å². The fourth-order valence-corrected chi connectivity index (χ4v) is 1.43. The van der Waals surface area contributed by atoms with Crippen LogP contribution in [0.25, 0.3) is 0 Å². The van der Waals surface area contributed by atoms with Crippen LogP contribution in [0.5, 0.6) is 0 Å². The molecule has 1 aromatic heterocycles. The first kappa shape index (κ1) is 13.1. The Kier molecular flexibility index (Phi) is 5.42. The van der Waals surface area contributed by atoms with Gasteiger partial charge in [-0.25, -0.2) is 4.98 Å². The lowest BCUT2D eigenvalue weighted by Gasteiger charge is -2.12. The van der Waals surface area contributed by atoms with Gasteiger partial charge in [0, 0.05) is 19.3 Å². The SMILES string of the molecule is CCOC(C)CNC(=O)c1ccc(Br)nc1. The number of nitrogens with zero attached hydrogens (tertiary/aromatic N) is 1. The standard InChI is InChI=1S/C11H15BrN2O2/c1-3-16-8(2)6-14-11(15)9-4-5-10(12)13-7-9/h4-5,7-8H,3,6H2,1-2H3,(H,14,15). The Morgan fingerprint density at radius 1 is 1.62 bits per heavy atom. The first-order chi connectivity index (χ1) is 7.63. The van der Waals surface area contributed by atoms with Gasteiger partial charge in [-0.3, -0.25) is 4.79 Å². The van der Waals surface area contributed by atoms with Crippen LogP contribution in [0.15, 0.2) is 22.9 Å². The third kappa shape index (κ3) is 4.28. The van der Waals surface area contributed by atoms with Crippen molar-refractivity contribution in [1.82, 2.24) is 10.3 Å². The summed E-state index contributed by atoms with van der Waals surface area (Å²) in [6.07, 6.45) is 1.56. The van der Waals surface area contributed by atoms with E-state index in [2.05, 4.69) is 26.2 Å². The van der Waals surface area contributed by atoms with Gasteiger partial charge in [-0.1, -0.05) is 0 Å². The van der Waals surface area contributed by atoms with E-state index in [4.69, 9.17) is 4.74 Å². The summed E-state index contributed by atoms with van der Waals surface area (Å²) in [6.45, 7) is 5.00. The number of nitrogens with one attached hydrogen (secondary N) is 1. The molecule has 0 radical (unpaired) electrons. The van der Waals surface area contributed by atoms with Crippen LogP contribution in [0.2, 0.25) is 0 Å². The van der Waals surface area contributed by atoms with Crippen molar-refractivity contribution in [3.05, 3.63) is 28.5 Å². The van der Waals surface area contributed by atoms with Crippen molar-refractivity contribution < 1.29 is 9.53 Å². The monoisotopic (exact) mass is 286 g/mol. The summed E-state index contributed by atoms with van der Waals surface area (Å²) in [5.74, 6) is -0.133. The number of hydrogen-bond donors (Lipinski definition) is 1. The average Bonchev–Trinajstić information content (AvgIpc) is 2.27. The molecule has 5 heteroatoms. The van der Waals surface area contributed by atoms with Gasteiger partial charge in [-0.15, -0.1) is 0 Å². The Morgan fingerprint density at radius 2 is 2.38 bits per heavy atom. The lowest BCUT2D eigenvalue weighted by Crippen LogP contribution is -2.32. The quantitative estimate of drug-likeness (QED) is 0.843. The Labute approximate surface area is 104 Å². The number of aromatic nitrogens is 1. The van der Waals surface area contributed by atoms with Crippen LogP contribution in [0.4, 0.5) is 0 Å². The molecule has 1 amide bonds. The first-order valence-corrected chi connectivity index (χ1v) is 5.94. The molecule has 0 aliphatic carbocycles. The zero-order valence-corrected chi connectivity index (χ0v) is 11.0. The number of halogens is 1. The van der Waals surface area contributed by atoms with Crippen LogP contribution in [0.1, 0.15) is 24.2 Å². The van der Waals surface area contributed by atoms with Gasteiger partial charge < -0.3 is 10.1 Å². The molecular weight excluding hydrogens is 272 g/mol. The largest absolute Gasteiger partial charge is 0.377 e. The van der Waals surface area contributed by atoms with E-state index in [1.807, 2.05) is 13.8 Å². The highest BCUT2D eigenvalue weighted by atomic mass is 79.9. The second-order valence-electron chi connectivity index (χ2n) is 3.35. The van der Waals surface area contributed by atoms with Gasteiger partial charge in [0.25, 0.3) is 5.91 Å². The summed E-state index contributed by atoms with van der Waals surface area (Å²) < 4.78 is 6.02. The van der Waals surface area contributed by atoms with Gasteiger partial charge >= 0.3 is 0 Å². The fraction of sp³-hybridized carbons (Fsp3) is 0.455. The highest BCUT2D eigenvalue weighted by Gasteiger charge is 2.07. The van der Waals surface area contributed by atoms with Gasteiger partial charge in [0.05, 0.1) is 11.7 Å². The third-order valence-corrected chi connectivity index (χ3v) is 2.46. The predicted molar refractivity (Wildman–Crippen MR) is 65.4 cm³/mol. The molecule has 0 saturated heterocycles. The van der Waals surface area contributed by atoms with Crippen molar-refractivity contribution in [2.75, 3.05) is 13.2 Å². The molecule has 0 bridgehead atoms. The maximum absolute atomic E-state index is 11.6. The Bertz CT molecular complexity index is 340. The maximum atomic E-state index is 11.6. The minimum atomic E-state index is -0.133. The van der Waals surface area contributed by atoms with E-state index in [1.54, 1.807) is 12.1 Å². The van der Waals surface area contributed by atoms with Gasteiger partial charge in [0.15, 0.2) is 0 Å². The van der Waals surface area contributed by atoms with E-state index in [9.17, 15) is 4.79 Å². The molecular formula is C11H15BrN2O2. The minimum absolute atomic E-state index is 0.0253. The van der Waals surface area contributed by atoms with Gasteiger partial charge in [-0.2, -0.15) is 0 Å². The number of pyridine rings is 1. The molecule has 0 aliphatic heterocycles. The highest BCUT2D eigenvalue weighted by molar-refractivity contribution is 9.10. The topological polar surface area (TPSA) is 51.2 Å². The fourth-order valence-electron chi connectivity index (χ4n) is 1.19. The zero-order valence-electron chi connectivity index (χ0n) is 9.37. The molecule has 1 heterocycles. The second-order valence-corrected chi connectivity index (χ2v) is 4.16. The van der Waals surface area contributed by atoms with E-state index >= 15 is 0 Å². The van der Waals surface area contributed by atoms with Crippen LogP contribution >= 0.6 is 15.9 Å². The summed E-state index contributed by atoms with van der Waals surface area (Å²) in [5, 5.41) is 2.78. The molecule has 1 aromatic rings. The molecule has 0 spiro atoms. The number of rotatable bonds is 5. The Hall–Kier alpha value is -0.940. The van der Waals surface area contributed by atoms with Crippen LogP contribution in [0.3, 0.4) is 0 Å². The van der Waals surface area contributed by atoms with E-state index < -0.39 is 0 Å². The van der Waals surface area contributed by atoms with E-state index in [-0.39, 0.29) is 12.0 Å². The normalized spacial score (nSPS) is 12.2. The molecule has 0 aliphatic rings. The summed E-state index contributed by atoms with van der Waals surface area (Å²) in [5.41, 5.74) is 0.548. The van der Waals surface area contributed by atoms with Crippen molar-refractivity contribution in [3.8, 4) is 0 Å². The molecule has 1 atom stereocenters. The lowest BCUT2D eigenvalue weighted by molar-refractivity contribution is 0.0695. The molecule has 0 saturated carbocycles. The van der Waals surface area contributed by atoms with E-state index in [1.165, 1.54) is 6.20 Å². The lowest BCUT2D eigenvalue weighted by atomic mass is 10.2. The van der Waals surface area contributed by atoms with E-state index in [0.717, 1.165) is 0 Å². The van der Waals surface area contributed by atoms with Crippen LogP contribution in [-0.2, 0) is 4.74 Å². The number of ether oxygens (including phenoxy) is 1. The predicted octanol–water partition coefficient (Wildman–Crippen LogP) is 2.00. The minimum Gasteiger partial charge on any atom is -0.377 e. The smallest absolute Gasteiger partial charge is 0.252 e. The van der Waals surface area contributed by atoms with Gasteiger partial charge in [-0.05, 0) is 41.9 Å². The summed E-state index contributed by atoms with van der Waals surface area (Å²) in [6, 6.07) is 3.46. The summed E-state index contributed by atoms with van der Waals surface area (Å²) in [4.78, 5) is 15.6. The average molecular weight is 287 g/mol. The molecule has 16 heavy (non-hydrogen) atoms. The Balaban J connectivity index is 2.43. The number of carbonyl (C=O) groups is 1. The van der Waals surface area contributed by atoms with Crippen LogP contribution < -0.4 is 5.32 Å². The highest BCUT2D eigenvalue weighted by Crippen LogP contribution is 2.06. The molecule has 88 valence electrons. The molecule has 1 rings (SSSR count). The van der Waals surface area contributed by atoms with E-state index in [0.29, 0.717) is 23.3 Å². The van der Waals surface area contributed by atoms with Crippen LogP contribution in [-0.4, -0.2) is 30.1 Å². The molecule has 1 N–H and O–H groups in total. The molecule has 0 fully saturated rings. The first-order valence-electron chi connectivity index (χ1n) is 5.14. The molecule has 0 aromatic carbocycles. The van der Waals surface area contributed by atoms with Gasteiger partial charge in [0.2, 0.25) is 0 Å². The number of carbonyl (C=O) groups excluding carboxylic acids is 1. The third-order valence-electron chi connectivity index (χ3n) is 1.99. The van der Waals surface area contributed by atoms with Crippen molar-refractivity contribution >= 4 is 21.8 Å².